The number of aliphatic hydroxyl groups excluding tert-OH is 1. The minimum absolute atomic E-state index is 0.129. The van der Waals surface area contributed by atoms with Gasteiger partial charge in [-0.2, -0.15) is 0 Å². The van der Waals surface area contributed by atoms with Crippen LogP contribution in [-0.4, -0.2) is 33.9 Å². The molecule has 0 spiro atoms. The zero-order valence-electron chi connectivity index (χ0n) is 9.56. The van der Waals surface area contributed by atoms with E-state index in [0.29, 0.717) is 5.92 Å². The van der Waals surface area contributed by atoms with Gasteiger partial charge in [0.2, 0.25) is 0 Å². The van der Waals surface area contributed by atoms with Gasteiger partial charge in [0.05, 0.1) is 5.92 Å². The first-order valence-electron chi connectivity index (χ1n) is 5.54. The molecule has 16 heavy (non-hydrogen) atoms. The second-order valence-electron chi connectivity index (χ2n) is 4.08. The van der Waals surface area contributed by atoms with Crippen molar-refractivity contribution in [3.63, 3.8) is 0 Å². The molecule has 0 amide bonds. The second-order valence-corrected chi connectivity index (χ2v) is 4.08. The van der Waals surface area contributed by atoms with Gasteiger partial charge in [-0.05, 0) is 18.8 Å². The summed E-state index contributed by atoms with van der Waals surface area (Å²) < 4.78 is 0. The standard InChI is InChI=1S/C9H16O2.C2H4O3/c1-7(9(10)11)8-5-3-2-4-6-8;3-1-2(4)5/h7-8H,2-6H2,1H3,(H,10,11);3H,1H2,(H,4,5). The first-order chi connectivity index (χ1) is 7.49. The van der Waals surface area contributed by atoms with Gasteiger partial charge in [0.25, 0.3) is 0 Å². The highest BCUT2D eigenvalue weighted by atomic mass is 16.4. The molecule has 0 aromatic carbocycles. The molecular weight excluding hydrogens is 212 g/mol. The lowest BCUT2D eigenvalue weighted by Crippen LogP contribution is -2.22. The van der Waals surface area contributed by atoms with E-state index >= 15 is 0 Å². The zero-order chi connectivity index (χ0) is 12.6. The van der Waals surface area contributed by atoms with Crippen molar-refractivity contribution < 1.29 is 24.9 Å². The number of carboxylic acids is 2. The van der Waals surface area contributed by atoms with Crippen LogP contribution in [0.5, 0.6) is 0 Å². The van der Waals surface area contributed by atoms with Crippen LogP contribution in [0.15, 0.2) is 0 Å². The lowest BCUT2D eigenvalue weighted by Gasteiger charge is -2.24. The first-order valence-corrected chi connectivity index (χ1v) is 5.54. The fourth-order valence-corrected chi connectivity index (χ4v) is 1.84. The Morgan fingerprint density at radius 2 is 1.62 bits per heavy atom. The van der Waals surface area contributed by atoms with E-state index in [-0.39, 0.29) is 5.92 Å². The summed E-state index contributed by atoms with van der Waals surface area (Å²) in [4.78, 5) is 19.7. The van der Waals surface area contributed by atoms with E-state index in [9.17, 15) is 4.79 Å². The van der Waals surface area contributed by atoms with Gasteiger partial charge < -0.3 is 15.3 Å². The van der Waals surface area contributed by atoms with Gasteiger partial charge in [-0.3, -0.25) is 4.79 Å². The van der Waals surface area contributed by atoms with Crippen molar-refractivity contribution in [1.82, 2.24) is 0 Å². The fourth-order valence-electron chi connectivity index (χ4n) is 1.84. The van der Waals surface area contributed by atoms with Crippen LogP contribution in [0.2, 0.25) is 0 Å². The maximum atomic E-state index is 10.6. The molecule has 0 aromatic rings. The average Bonchev–Trinajstić information content (AvgIpc) is 2.29. The number of carbonyl (C=O) groups is 2. The molecule has 0 saturated heterocycles. The summed E-state index contributed by atoms with van der Waals surface area (Å²) in [6, 6.07) is 0. The lowest BCUT2D eigenvalue weighted by molar-refractivity contribution is -0.143. The van der Waals surface area contributed by atoms with Crippen LogP contribution < -0.4 is 0 Å². The summed E-state index contributed by atoms with van der Waals surface area (Å²) in [6.07, 6.45) is 5.98. The molecule has 0 aliphatic heterocycles. The molecule has 1 aliphatic carbocycles. The Balaban J connectivity index is 0.000000385. The van der Waals surface area contributed by atoms with Crippen molar-refractivity contribution in [3.05, 3.63) is 0 Å². The Morgan fingerprint density at radius 1 is 1.19 bits per heavy atom. The number of carboxylic acid groups (broad SMARTS) is 2. The molecule has 3 N–H and O–H groups in total. The fraction of sp³-hybridized carbons (Fsp3) is 0.818. The van der Waals surface area contributed by atoms with E-state index in [1.165, 1.54) is 19.3 Å². The second kappa shape index (κ2) is 8.10. The number of aliphatic carboxylic acids is 2. The van der Waals surface area contributed by atoms with Crippen molar-refractivity contribution >= 4 is 11.9 Å². The topological polar surface area (TPSA) is 94.8 Å². The molecule has 0 radical (unpaired) electrons. The van der Waals surface area contributed by atoms with Crippen molar-refractivity contribution in [1.29, 1.82) is 0 Å². The maximum Gasteiger partial charge on any atom is 0.329 e. The van der Waals surface area contributed by atoms with E-state index in [1.807, 2.05) is 6.92 Å². The van der Waals surface area contributed by atoms with Crippen LogP contribution in [0, 0.1) is 11.8 Å². The van der Waals surface area contributed by atoms with Gasteiger partial charge in [0.1, 0.15) is 6.61 Å². The molecule has 5 nitrogen and oxygen atoms in total. The van der Waals surface area contributed by atoms with E-state index < -0.39 is 18.5 Å². The van der Waals surface area contributed by atoms with E-state index in [2.05, 4.69) is 0 Å². The van der Waals surface area contributed by atoms with Crippen molar-refractivity contribution in [2.45, 2.75) is 39.0 Å². The number of hydrogen-bond donors (Lipinski definition) is 3. The summed E-state index contributed by atoms with van der Waals surface area (Å²) in [5, 5.41) is 23.8. The molecule has 1 atom stereocenters. The highest BCUT2D eigenvalue weighted by Gasteiger charge is 2.24. The third kappa shape index (κ3) is 6.40. The minimum atomic E-state index is -1.19. The highest BCUT2D eigenvalue weighted by molar-refractivity contribution is 5.69. The molecule has 1 rings (SSSR count). The summed E-state index contributed by atoms with van der Waals surface area (Å²) in [5.74, 6) is -1.50. The molecular formula is C11H20O5. The minimum Gasteiger partial charge on any atom is -0.481 e. The van der Waals surface area contributed by atoms with Crippen LogP contribution >= 0.6 is 0 Å². The maximum absolute atomic E-state index is 10.6. The Bertz CT molecular complexity index is 220. The van der Waals surface area contributed by atoms with Gasteiger partial charge in [-0.15, -0.1) is 0 Å². The molecule has 94 valence electrons. The van der Waals surface area contributed by atoms with Gasteiger partial charge in [0, 0.05) is 0 Å². The SMILES string of the molecule is CC(C(=O)O)C1CCCCC1.O=C(O)CO. The largest absolute Gasteiger partial charge is 0.481 e. The molecule has 5 heteroatoms. The summed E-state index contributed by atoms with van der Waals surface area (Å²) in [5.41, 5.74) is 0. The third-order valence-corrected chi connectivity index (χ3v) is 2.88. The Kier molecular flexibility index (Phi) is 7.54. The molecule has 1 aliphatic rings. The van der Waals surface area contributed by atoms with Gasteiger partial charge in [-0.25, -0.2) is 4.79 Å². The van der Waals surface area contributed by atoms with E-state index in [4.69, 9.17) is 20.1 Å². The highest BCUT2D eigenvalue weighted by Crippen LogP contribution is 2.29. The quantitative estimate of drug-likeness (QED) is 0.682. The van der Waals surface area contributed by atoms with E-state index in [1.54, 1.807) is 0 Å². The predicted molar refractivity (Wildman–Crippen MR) is 58.1 cm³/mol. The summed E-state index contributed by atoms with van der Waals surface area (Å²) in [7, 11) is 0. The van der Waals surface area contributed by atoms with Crippen molar-refractivity contribution in [3.8, 4) is 0 Å². The molecule has 1 unspecified atom stereocenters. The predicted octanol–water partition coefficient (Wildman–Crippen LogP) is 1.35. The van der Waals surface area contributed by atoms with Crippen LogP contribution in [-0.2, 0) is 9.59 Å². The molecule has 1 saturated carbocycles. The third-order valence-electron chi connectivity index (χ3n) is 2.88. The van der Waals surface area contributed by atoms with Gasteiger partial charge in [-0.1, -0.05) is 26.2 Å². The zero-order valence-corrected chi connectivity index (χ0v) is 9.56. The Morgan fingerprint density at radius 3 is 1.94 bits per heavy atom. The van der Waals surface area contributed by atoms with Gasteiger partial charge >= 0.3 is 11.9 Å². The van der Waals surface area contributed by atoms with Gasteiger partial charge in [0.15, 0.2) is 0 Å². The van der Waals surface area contributed by atoms with Crippen LogP contribution in [0.4, 0.5) is 0 Å². The number of hydrogen-bond acceptors (Lipinski definition) is 3. The molecule has 1 fully saturated rings. The lowest BCUT2D eigenvalue weighted by atomic mass is 9.81. The van der Waals surface area contributed by atoms with Crippen LogP contribution in [0.25, 0.3) is 0 Å². The normalized spacial score (nSPS) is 18.1. The average molecular weight is 232 g/mol. The summed E-state index contributed by atoms with van der Waals surface area (Å²) >= 11 is 0. The Labute approximate surface area is 95.1 Å². The smallest absolute Gasteiger partial charge is 0.329 e. The van der Waals surface area contributed by atoms with Crippen molar-refractivity contribution in [2.24, 2.45) is 11.8 Å². The van der Waals surface area contributed by atoms with Crippen molar-refractivity contribution in [2.75, 3.05) is 6.61 Å². The summed E-state index contributed by atoms with van der Waals surface area (Å²) in [6.45, 7) is 1.05. The first kappa shape index (κ1) is 14.9. The molecule has 0 aromatic heterocycles. The Hall–Kier alpha value is -1.10. The molecule has 0 bridgehead atoms. The van der Waals surface area contributed by atoms with Crippen LogP contribution in [0.3, 0.4) is 0 Å². The number of aliphatic hydroxyl groups is 1. The van der Waals surface area contributed by atoms with E-state index in [0.717, 1.165) is 12.8 Å². The number of rotatable bonds is 3. The monoisotopic (exact) mass is 232 g/mol. The molecule has 0 heterocycles. The van der Waals surface area contributed by atoms with Crippen LogP contribution in [0.1, 0.15) is 39.0 Å².